The summed E-state index contributed by atoms with van der Waals surface area (Å²) in [6.45, 7) is 4.81. The number of unbranched alkanes of at least 4 members (excludes halogenated alkanes) is 45. The number of allylic oxidation sites excluding steroid dienone is 4. The number of hydrogen-bond acceptors (Lipinski definition) is 8. The Labute approximate surface area is 484 Å². The first-order valence-electron chi connectivity index (χ1n) is 34.0. The summed E-state index contributed by atoms with van der Waals surface area (Å²) in [5, 5.41) is 11.8. The Morgan fingerprint density at radius 2 is 0.692 bits per heavy atom. The quantitative estimate of drug-likeness (QED) is 0.0195. The molecule has 0 aliphatic heterocycles. The van der Waals surface area contributed by atoms with Crippen molar-refractivity contribution in [3.8, 4) is 0 Å². The van der Waals surface area contributed by atoms with Crippen LogP contribution in [0.2, 0.25) is 0 Å². The van der Waals surface area contributed by atoms with E-state index >= 15 is 0 Å². The van der Waals surface area contributed by atoms with Crippen molar-refractivity contribution in [1.29, 1.82) is 0 Å². The van der Waals surface area contributed by atoms with Gasteiger partial charge >= 0.3 is 11.9 Å². The maximum absolute atomic E-state index is 12.9. The third kappa shape index (κ3) is 61.4. The summed E-state index contributed by atoms with van der Waals surface area (Å²) >= 11 is 0. The van der Waals surface area contributed by atoms with E-state index in [4.69, 9.17) is 18.9 Å². The van der Waals surface area contributed by atoms with E-state index in [1.807, 2.05) is 21.1 Å². The van der Waals surface area contributed by atoms with E-state index in [0.717, 1.165) is 38.5 Å². The SMILES string of the molecule is CCCCCCC/C=C\C/C=C\CCCCCCCCCCCCCCCC(=O)OC(COC(=O)CCCCCCCCCCCCCCCCCCCCCCCCCCCCCC)COC(OCC[N+](C)(C)C)C(=O)[O-]. The lowest BCUT2D eigenvalue weighted by Gasteiger charge is -2.26. The van der Waals surface area contributed by atoms with Crippen molar-refractivity contribution >= 4 is 17.9 Å². The first-order valence-corrected chi connectivity index (χ1v) is 34.0. The summed E-state index contributed by atoms with van der Waals surface area (Å²) in [4.78, 5) is 37.4. The molecule has 0 N–H and O–H groups in total. The molecular formula is C69H131NO8. The smallest absolute Gasteiger partial charge is 0.306 e. The Kier molecular flexibility index (Phi) is 59.1. The molecule has 0 rings (SSSR count). The molecule has 2 unspecified atom stereocenters. The third-order valence-electron chi connectivity index (χ3n) is 15.5. The van der Waals surface area contributed by atoms with Gasteiger partial charge in [0.1, 0.15) is 13.2 Å². The van der Waals surface area contributed by atoms with Gasteiger partial charge in [-0.3, -0.25) is 9.59 Å². The number of carbonyl (C=O) groups is 3. The van der Waals surface area contributed by atoms with E-state index in [9.17, 15) is 19.5 Å². The second-order valence-corrected chi connectivity index (χ2v) is 24.5. The van der Waals surface area contributed by atoms with E-state index in [1.165, 1.54) is 270 Å². The number of esters is 2. The maximum atomic E-state index is 12.9. The van der Waals surface area contributed by atoms with E-state index in [0.29, 0.717) is 23.9 Å². The van der Waals surface area contributed by atoms with Crippen LogP contribution in [-0.4, -0.2) is 82.3 Å². The topological polar surface area (TPSA) is 111 Å². The maximum Gasteiger partial charge on any atom is 0.306 e. The average molecular weight is 1100 g/mol. The molecule has 78 heavy (non-hydrogen) atoms. The number of quaternary nitrogens is 1. The first-order chi connectivity index (χ1) is 38.1. The standard InChI is InChI=1S/C69H131NO8/c1-6-8-10-12-14-16-18-20-22-24-26-28-30-32-33-34-36-37-39-41-43-45-47-49-51-53-55-57-59-66(71)76-63-65(64-77-69(68(73)74)75-62-61-70(3,4)5)78-67(72)60-58-56-54-52-50-48-46-44-42-40-38-35-31-29-27-25-23-21-19-17-15-13-11-9-7-2/h19,21,25,27,65,69H,6-18,20,22-24,26,28-64H2,1-5H3/b21-19-,27-25-. The molecule has 0 bridgehead atoms. The van der Waals surface area contributed by atoms with Gasteiger partial charge in [0.25, 0.3) is 0 Å². The lowest BCUT2D eigenvalue weighted by Crippen LogP contribution is -2.44. The van der Waals surface area contributed by atoms with Crippen LogP contribution >= 0.6 is 0 Å². The fourth-order valence-corrected chi connectivity index (χ4v) is 10.2. The molecule has 2 atom stereocenters. The largest absolute Gasteiger partial charge is 0.545 e. The van der Waals surface area contributed by atoms with E-state index in [1.54, 1.807) is 0 Å². The number of carbonyl (C=O) groups excluding carboxylic acids is 3. The molecule has 0 aromatic heterocycles. The molecule has 0 heterocycles. The Balaban J connectivity index is 4.09. The van der Waals surface area contributed by atoms with Gasteiger partial charge in [0.05, 0.1) is 40.3 Å². The lowest BCUT2D eigenvalue weighted by molar-refractivity contribution is -0.870. The van der Waals surface area contributed by atoms with Gasteiger partial charge in [0.15, 0.2) is 12.4 Å². The summed E-state index contributed by atoms with van der Waals surface area (Å²) in [6, 6.07) is 0. The highest BCUT2D eigenvalue weighted by Crippen LogP contribution is 2.19. The van der Waals surface area contributed by atoms with Crippen LogP contribution in [0.15, 0.2) is 24.3 Å². The number of rotatable bonds is 64. The third-order valence-corrected chi connectivity index (χ3v) is 15.5. The molecule has 0 spiro atoms. The number of carboxylic acids is 1. The van der Waals surface area contributed by atoms with Crippen molar-refractivity contribution in [1.82, 2.24) is 0 Å². The summed E-state index contributed by atoms with van der Waals surface area (Å²) < 4.78 is 22.8. The van der Waals surface area contributed by atoms with Crippen LogP contribution in [0.1, 0.15) is 341 Å². The fourth-order valence-electron chi connectivity index (χ4n) is 10.2. The van der Waals surface area contributed by atoms with Crippen LogP contribution < -0.4 is 5.11 Å². The van der Waals surface area contributed by atoms with Gasteiger partial charge in [0, 0.05) is 12.8 Å². The first kappa shape index (κ1) is 75.8. The van der Waals surface area contributed by atoms with Gasteiger partial charge in [-0.15, -0.1) is 0 Å². The van der Waals surface area contributed by atoms with Gasteiger partial charge in [-0.05, 0) is 44.9 Å². The highest BCUT2D eigenvalue weighted by Gasteiger charge is 2.22. The molecule has 0 aliphatic carbocycles. The summed E-state index contributed by atoms with van der Waals surface area (Å²) in [5.41, 5.74) is 0. The lowest BCUT2D eigenvalue weighted by atomic mass is 10.0. The molecule has 0 saturated heterocycles. The van der Waals surface area contributed by atoms with Crippen LogP contribution in [0.25, 0.3) is 0 Å². The molecule has 0 amide bonds. The normalized spacial score (nSPS) is 12.8. The minimum Gasteiger partial charge on any atom is -0.545 e. The van der Waals surface area contributed by atoms with Crippen LogP contribution in [-0.2, 0) is 33.3 Å². The molecular weight excluding hydrogens is 971 g/mol. The Bertz CT molecular complexity index is 1330. The monoisotopic (exact) mass is 1100 g/mol. The highest BCUT2D eigenvalue weighted by atomic mass is 16.7. The summed E-state index contributed by atoms with van der Waals surface area (Å²) in [5.74, 6) is -2.26. The van der Waals surface area contributed by atoms with Gasteiger partial charge in [-0.1, -0.05) is 308 Å². The number of ether oxygens (including phenoxy) is 4. The van der Waals surface area contributed by atoms with E-state index in [2.05, 4.69) is 38.2 Å². The van der Waals surface area contributed by atoms with Crippen LogP contribution in [0, 0.1) is 0 Å². The minimum absolute atomic E-state index is 0.151. The van der Waals surface area contributed by atoms with E-state index < -0.39 is 24.3 Å². The molecule has 0 aromatic rings. The summed E-state index contributed by atoms with van der Waals surface area (Å²) in [6.07, 6.45) is 71.1. The number of nitrogens with zero attached hydrogens (tertiary/aromatic N) is 1. The van der Waals surface area contributed by atoms with Gasteiger partial charge in [-0.2, -0.15) is 0 Å². The van der Waals surface area contributed by atoms with Crippen molar-refractivity contribution in [2.45, 2.75) is 354 Å². The second kappa shape index (κ2) is 60.9. The molecule has 0 aliphatic rings. The number of carboxylic acid groups (broad SMARTS) is 1. The molecule has 9 nitrogen and oxygen atoms in total. The summed E-state index contributed by atoms with van der Waals surface area (Å²) in [7, 11) is 5.94. The number of aliphatic carboxylic acids is 1. The Morgan fingerprint density at radius 3 is 1.01 bits per heavy atom. The Morgan fingerprint density at radius 1 is 0.385 bits per heavy atom. The van der Waals surface area contributed by atoms with Crippen molar-refractivity contribution in [3.63, 3.8) is 0 Å². The molecule has 0 fully saturated rings. The zero-order valence-electron chi connectivity index (χ0n) is 52.6. The molecule has 460 valence electrons. The van der Waals surface area contributed by atoms with Gasteiger partial charge in [-0.25, -0.2) is 0 Å². The predicted molar refractivity (Wildman–Crippen MR) is 330 cm³/mol. The zero-order chi connectivity index (χ0) is 56.9. The van der Waals surface area contributed by atoms with Crippen LogP contribution in [0.5, 0.6) is 0 Å². The predicted octanol–water partition coefficient (Wildman–Crippen LogP) is 19.3. The zero-order valence-corrected chi connectivity index (χ0v) is 52.6. The van der Waals surface area contributed by atoms with Crippen molar-refractivity contribution < 1.29 is 42.9 Å². The van der Waals surface area contributed by atoms with Gasteiger partial charge in [0.2, 0.25) is 0 Å². The molecule has 0 saturated carbocycles. The van der Waals surface area contributed by atoms with E-state index in [-0.39, 0.29) is 32.2 Å². The Hall–Kier alpha value is -2.23. The number of likely N-dealkylation sites (N-methyl/N-ethyl adjacent to an activating group) is 1. The average Bonchev–Trinajstić information content (AvgIpc) is 3.41. The van der Waals surface area contributed by atoms with Crippen LogP contribution in [0.4, 0.5) is 0 Å². The molecule has 0 radical (unpaired) electrons. The van der Waals surface area contributed by atoms with Crippen molar-refractivity contribution in [2.24, 2.45) is 0 Å². The van der Waals surface area contributed by atoms with Gasteiger partial charge < -0.3 is 33.3 Å². The fraction of sp³-hybridized carbons (Fsp3) is 0.899. The molecule has 9 heteroatoms. The highest BCUT2D eigenvalue weighted by molar-refractivity contribution is 5.70. The van der Waals surface area contributed by atoms with Crippen LogP contribution in [0.3, 0.4) is 0 Å². The van der Waals surface area contributed by atoms with Crippen molar-refractivity contribution in [3.05, 3.63) is 24.3 Å². The number of hydrogen-bond donors (Lipinski definition) is 0. The minimum atomic E-state index is -1.62. The second-order valence-electron chi connectivity index (χ2n) is 24.5. The van der Waals surface area contributed by atoms with Crippen molar-refractivity contribution in [2.75, 3.05) is 47.5 Å². The molecule has 0 aromatic carbocycles.